The first-order valence-electron chi connectivity index (χ1n) is 5.84. The number of carbonyl (C=O) groups is 1. The molecule has 0 spiro atoms. The molecule has 0 saturated carbocycles. The highest BCUT2D eigenvalue weighted by molar-refractivity contribution is 5.94. The van der Waals surface area contributed by atoms with Gasteiger partial charge >= 0.3 is 0 Å². The lowest BCUT2D eigenvalue weighted by atomic mass is 10.2. The van der Waals surface area contributed by atoms with Crippen molar-refractivity contribution in [1.29, 1.82) is 0 Å². The average Bonchev–Trinajstić information content (AvgIpc) is 2.83. The zero-order chi connectivity index (χ0) is 13.8. The molecule has 0 radical (unpaired) electrons. The minimum atomic E-state index is -0.905. The average molecular weight is 263 g/mol. The van der Waals surface area contributed by atoms with Crippen LogP contribution in [-0.2, 0) is 0 Å². The van der Waals surface area contributed by atoms with Gasteiger partial charge in [-0.2, -0.15) is 0 Å². The maximum Gasteiger partial charge on any atom is 0.251 e. The lowest BCUT2D eigenvalue weighted by Crippen LogP contribution is -2.28. The zero-order valence-corrected chi connectivity index (χ0v) is 10.4. The van der Waals surface area contributed by atoms with Crippen molar-refractivity contribution in [3.63, 3.8) is 0 Å². The van der Waals surface area contributed by atoms with Gasteiger partial charge in [0.2, 0.25) is 0 Å². The Hall–Kier alpha value is -2.14. The molecule has 1 unspecified atom stereocenters. The van der Waals surface area contributed by atoms with Crippen LogP contribution in [0.3, 0.4) is 0 Å². The standard InChI is InChI=1S/C14H14FNO3/c1-9-2-7-13(19-9)12(17)8-16-14(18)10-3-5-11(15)6-4-10/h2-7,12,17H,8H2,1H3,(H,16,18). The van der Waals surface area contributed by atoms with Crippen molar-refractivity contribution in [3.8, 4) is 0 Å². The summed E-state index contributed by atoms with van der Waals surface area (Å²) in [5.74, 6) is 0.320. The molecule has 2 N–H and O–H groups in total. The van der Waals surface area contributed by atoms with E-state index in [1.54, 1.807) is 19.1 Å². The third-order valence-electron chi connectivity index (χ3n) is 2.65. The van der Waals surface area contributed by atoms with Gasteiger partial charge < -0.3 is 14.8 Å². The topological polar surface area (TPSA) is 62.5 Å². The summed E-state index contributed by atoms with van der Waals surface area (Å²) < 4.78 is 18.0. The molecule has 4 nitrogen and oxygen atoms in total. The molecular formula is C14H14FNO3. The predicted molar refractivity (Wildman–Crippen MR) is 67.1 cm³/mol. The van der Waals surface area contributed by atoms with Crippen LogP contribution in [0.1, 0.15) is 28.0 Å². The summed E-state index contributed by atoms with van der Waals surface area (Å²) in [6.45, 7) is 1.80. The summed E-state index contributed by atoms with van der Waals surface area (Å²) in [6.07, 6.45) is -0.905. The van der Waals surface area contributed by atoms with Crippen LogP contribution in [0.15, 0.2) is 40.8 Å². The predicted octanol–water partition coefficient (Wildman–Crippen LogP) is 2.19. The van der Waals surface area contributed by atoms with Gasteiger partial charge in [0.15, 0.2) is 0 Å². The number of nitrogens with one attached hydrogen (secondary N) is 1. The van der Waals surface area contributed by atoms with E-state index in [1.807, 2.05) is 0 Å². The summed E-state index contributed by atoms with van der Waals surface area (Å²) in [7, 11) is 0. The number of carbonyl (C=O) groups excluding carboxylic acids is 1. The third-order valence-corrected chi connectivity index (χ3v) is 2.65. The molecule has 1 amide bonds. The number of hydrogen-bond acceptors (Lipinski definition) is 3. The summed E-state index contributed by atoms with van der Waals surface area (Å²) >= 11 is 0. The fourth-order valence-corrected chi connectivity index (χ4v) is 1.63. The van der Waals surface area contributed by atoms with E-state index in [-0.39, 0.29) is 12.5 Å². The quantitative estimate of drug-likeness (QED) is 0.888. The van der Waals surface area contributed by atoms with Gasteiger partial charge in [0.25, 0.3) is 5.91 Å². The molecule has 0 fully saturated rings. The van der Waals surface area contributed by atoms with E-state index in [0.717, 1.165) is 0 Å². The van der Waals surface area contributed by atoms with Gasteiger partial charge in [0, 0.05) is 5.56 Å². The van der Waals surface area contributed by atoms with Gasteiger partial charge in [0.1, 0.15) is 23.4 Å². The molecule has 19 heavy (non-hydrogen) atoms. The van der Waals surface area contributed by atoms with Crippen LogP contribution in [0.5, 0.6) is 0 Å². The van der Waals surface area contributed by atoms with Crippen LogP contribution in [0.25, 0.3) is 0 Å². The second-order valence-corrected chi connectivity index (χ2v) is 4.18. The van der Waals surface area contributed by atoms with E-state index in [2.05, 4.69) is 5.32 Å². The summed E-state index contributed by atoms with van der Waals surface area (Å²) in [5.41, 5.74) is 0.337. The van der Waals surface area contributed by atoms with Crippen LogP contribution in [-0.4, -0.2) is 17.6 Å². The van der Waals surface area contributed by atoms with Gasteiger partial charge in [-0.15, -0.1) is 0 Å². The lowest BCUT2D eigenvalue weighted by molar-refractivity contribution is 0.0900. The van der Waals surface area contributed by atoms with Crippen LogP contribution >= 0.6 is 0 Å². The Morgan fingerprint density at radius 2 is 2.00 bits per heavy atom. The number of halogens is 1. The number of hydrogen-bond donors (Lipinski definition) is 2. The maximum absolute atomic E-state index is 12.7. The third kappa shape index (κ3) is 3.42. The van der Waals surface area contributed by atoms with Crippen molar-refractivity contribution >= 4 is 5.91 Å². The van der Waals surface area contributed by atoms with E-state index < -0.39 is 11.9 Å². The van der Waals surface area contributed by atoms with Gasteiger partial charge in [0.05, 0.1) is 6.54 Å². The van der Waals surface area contributed by atoms with Gasteiger partial charge in [-0.1, -0.05) is 0 Å². The molecule has 2 aromatic rings. The van der Waals surface area contributed by atoms with Crippen LogP contribution in [0.4, 0.5) is 4.39 Å². The number of aryl methyl sites for hydroxylation is 1. The molecule has 1 aromatic heterocycles. The van der Waals surface area contributed by atoms with E-state index >= 15 is 0 Å². The molecule has 2 rings (SSSR count). The zero-order valence-electron chi connectivity index (χ0n) is 10.4. The summed E-state index contributed by atoms with van der Waals surface area (Å²) in [5, 5.41) is 12.4. The van der Waals surface area contributed by atoms with Crippen LogP contribution in [0.2, 0.25) is 0 Å². The Balaban J connectivity index is 1.91. The van der Waals surface area contributed by atoms with Crippen molar-refractivity contribution < 1.29 is 18.7 Å². The van der Waals surface area contributed by atoms with Gasteiger partial charge in [-0.05, 0) is 43.3 Å². The Bertz CT molecular complexity index is 562. The molecule has 0 saturated heterocycles. The second-order valence-electron chi connectivity index (χ2n) is 4.18. The summed E-state index contributed by atoms with van der Waals surface area (Å²) in [4.78, 5) is 11.7. The molecule has 0 aliphatic rings. The number of benzene rings is 1. The normalized spacial score (nSPS) is 12.2. The lowest BCUT2D eigenvalue weighted by Gasteiger charge is -2.09. The Morgan fingerprint density at radius 1 is 1.32 bits per heavy atom. The minimum absolute atomic E-state index is 0.0309. The van der Waals surface area contributed by atoms with Crippen molar-refractivity contribution in [1.82, 2.24) is 5.32 Å². The molecule has 100 valence electrons. The Morgan fingerprint density at radius 3 is 2.58 bits per heavy atom. The Kier molecular flexibility index (Phi) is 3.97. The van der Waals surface area contributed by atoms with Crippen LogP contribution < -0.4 is 5.32 Å². The highest BCUT2D eigenvalue weighted by atomic mass is 19.1. The smallest absolute Gasteiger partial charge is 0.251 e. The van der Waals surface area contributed by atoms with E-state index in [0.29, 0.717) is 17.1 Å². The molecule has 1 atom stereocenters. The number of rotatable bonds is 4. The molecule has 0 bridgehead atoms. The molecular weight excluding hydrogens is 249 g/mol. The molecule has 0 aliphatic carbocycles. The molecule has 1 heterocycles. The number of amides is 1. The van der Waals surface area contributed by atoms with Crippen molar-refractivity contribution in [2.45, 2.75) is 13.0 Å². The van der Waals surface area contributed by atoms with Gasteiger partial charge in [-0.25, -0.2) is 4.39 Å². The first kappa shape index (κ1) is 13.3. The van der Waals surface area contributed by atoms with Gasteiger partial charge in [-0.3, -0.25) is 4.79 Å². The number of aliphatic hydroxyl groups excluding tert-OH is 1. The van der Waals surface area contributed by atoms with Crippen LogP contribution in [0, 0.1) is 12.7 Å². The molecule has 5 heteroatoms. The first-order valence-corrected chi connectivity index (χ1v) is 5.84. The fraction of sp³-hybridized carbons (Fsp3) is 0.214. The SMILES string of the molecule is Cc1ccc(C(O)CNC(=O)c2ccc(F)cc2)o1. The van der Waals surface area contributed by atoms with E-state index in [1.165, 1.54) is 24.3 Å². The monoisotopic (exact) mass is 263 g/mol. The first-order chi connectivity index (χ1) is 9.06. The van der Waals surface area contributed by atoms with E-state index in [9.17, 15) is 14.3 Å². The number of furan rings is 1. The Labute approximate surface area is 109 Å². The maximum atomic E-state index is 12.7. The fourth-order valence-electron chi connectivity index (χ4n) is 1.63. The summed E-state index contributed by atoms with van der Waals surface area (Å²) in [6, 6.07) is 8.58. The second kappa shape index (κ2) is 5.67. The minimum Gasteiger partial charge on any atom is -0.464 e. The molecule has 1 aromatic carbocycles. The van der Waals surface area contributed by atoms with Crippen molar-refractivity contribution in [2.24, 2.45) is 0 Å². The number of aliphatic hydroxyl groups is 1. The van der Waals surface area contributed by atoms with E-state index in [4.69, 9.17) is 4.42 Å². The largest absolute Gasteiger partial charge is 0.464 e. The van der Waals surface area contributed by atoms with Crippen molar-refractivity contribution in [3.05, 3.63) is 59.3 Å². The molecule has 0 aliphatic heterocycles. The van der Waals surface area contributed by atoms with Crippen molar-refractivity contribution in [2.75, 3.05) is 6.54 Å². The highest BCUT2D eigenvalue weighted by Gasteiger charge is 2.13. The highest BCUT2D eigenvalue weighted by Crippen LogP contribution is 2.15.